The van der Waals surface area contributed by atoms with Crippen LogP contribution in [0, 0.1) is 13.8 Å². The van der Waals surface area contributed by atoms with Crippen LogP contribution in [0.1, 0.15) is 31.8 Å². The molecule has 2 aromatic carbocycles. The number of nitrogens with zero attached hydrogens (tertiary/aromatic N) is 2. The first-order valence-electron chi connectivity index (χ1n) is 9.24. The van der Waals surface area contributed by atoms with Crippen molar-refractivity contribution in [3.05, 3.63) is 64.7 Å². The van der Waals surface area contributed by atoms with Crippen molar-refractivity contribution in [2.75, 3.05) is 39.8 Å². The molecule has 1 aliphatic heterocycles. The summed E-state index contributed by atoms with van der Waals surface area (Å²) in [7, 11) is 1.61. The molecule has 0 N–H and O–H groups in total. The minimum absolute atomic E-state index is 0.0687. The summed E-state index contributed by atoms with van der Waals surface area (Å²) in [5.41, 5.74) is 3.74. The number of rotatable bonds is 5. The number of hydrogen-bond acceptors (Lipinski definition) is 4. The maximum absolute atomic E-state index is 12.7. The highest BCUT2D eigenvalue weighted by Crippen LogP contribution is 2.15. The molecule has 1 saturated heterocycles. The minimum atomic E-state index is 0.0687. The molecule has 0 spiro atoms. The zero-order valence-electron chi connectivity index (χ0n) is 16.2. The van der Waals surface area contributed by atoms with Gasteiger partial charge in [0.05, 0.1) is 13.7 Å². The van der Waals surface area contributed by atoms with Gasteiger partial charge in [-0.1, -0.05) is 6.07 Å². The fraction of sp³-hybridized carbons (Fsp3) is 0.364. The summed E-state index contributed by atoms with van der Waals surface area (Å²) >= 11 is 0. The van der Waals surface area contributed by atoms with Gasteiger partial charge in [-0.3, -0.25) is 14.5 Å². The highest BCUT2D eigenvalue weighted by Gasteiger charge is 2.23. The van der Waals surface area contributed by atoms with Crippen LogP contribution in [0.4, 0.5) is 0 Å². The Balaban J connectivity index is 1.54. The van der Waals surface area contributed by atoms with Crippen molar-refractivity contribution in [1.82, 2.24) is 9.80 Å². The number of carbonyl (C=O) groups excluding carboxylic acids is 2. The summed E-state index contributed by atoms with van der Waals surface area (Å²) in [5, 5.41) is 0. The van der Waals surface area contributed by atoms with Gasteiger partial charge in [-0.2, -0.15) is 0 Å². The summed E-state index contributed by atoms with van der Waals surface area (Å²) in [6.07, 6.45) is 0. The van der Waals surface area contributed by atoms with Gasteiger partial charge in [0.25, 0.3) is 5.91 Å². The van der Waals surface area contributed by atoms with E-state index < -0.39 is 0 Å². The highest BCUT2D eigenvalue weighted by molar-refractivity contribution is 5.97. The maximum atomic E-state index is 12.7. The molecule has 0 radical (unpaired) electrons. The molecule has 0 bridgehead atoms. The summed E-state index contributed by atoms with van der Waals surface area (Å²) in [6.45, 7) is 7.13. The van der Waals surface area contributed by atoms with Crippen molar-refractivity contribution < 1.29 is 14.3 Å². The fourth-order valence-electron chi connectivity index (χ4n) is 3.24. The number of ketones is 1. The molecule has 142 valence electrons. The lowest BCUT2D eigenvalue weighted by atomic mass is 10.1. The van der Waals surface area contributed by atoms with E-state index in [4.69, 9.17) is 4.74 Å². The summed E-state index contributed by atoms with van der Waals surface area (Å²) in [5.74, 6) is 0.899. The third-order valence-electron chi connectivity index (χ3n) is 5.19. The lowest BCUT2D eigenvalue weighted by Gasteiger charge is -2.34. The van der Waals surface area contributed by atoms with Crippen molar-refractivity contribution in [1.29, 1.82) is 0 Å². The zero-order valence-corrected chi connectivity index (χ0v) is 16.2. The number of Topliss-reactive ketones (excluding diaryl/α,β-unsaturated/α-hetero) is 1. The van der Waals surface area contributed by atoms with Crippen LogP contribution in [-0.2, 0) is 0 Å². The molecular formula is C22H26N2O3. The van der Waals surface area contributed by atoms with Gasteiger partial charge in [0, 0.05) is 37.3 Å². The molecule has 0 aliphatic carbocycles. The number of carbonyl (C=O) groups is 2. The number of piperazine rings is 1. The summed E-state index contributed by atoms with van der Waals surface area (Å²) in [4.78, 5) is 29.1. The second-order valence-corrected chi connectivity index (χ2v) is 7.02. The van der Waals surface area contributed by atoms with Gasteiger partial charge in [-0.25, -0.2) is 0 Å². The van der Waals surface area contributed by atoms with Crippen LogP contribution >= 0.6 is 0 Å². The van der Waals surface area contributed by atoms with Crippen LogP contribution < -0.4 is 4.74 Å². The van der Waals surface area contributed by atoms with E-state index in [1.807, 2.05) is 36.9 Å². The van der Waals surface area contributed by atoms with Crippen LogP contribution in [0.3, 0.4) is 0 Å². The Morgan fingerprint density at radius 2 is 1.52 bits per heavy atom. The molecular weight excluding hydrogens is 340 g/mol. The van der Waals surface area contributed by atoms with E-state index in [9.17, 15) is 9.59 Å². The first-order valence-corrected chi connectivity index (χ1v) is 9.24. The molecule has 3 rings (SSSR count). The van der Waals surface area contributed by atoms with Crippen LogP contribution in [0.5, 0.6) is 5.75 Å². The number of ether oxygens (including phenoxy) is 1. The lowest BCUT2D eigenvalue weighted by Crippen LogP contribution is -2.49. The molecule has 1 aliphatic rings. The summed E-state index contributed by atoms with van der Waals surface area (Å²) < 4.78 is 5.12. The standard InChI is InChI=1S/C22H26N2O3/c1-16-4-5-19(14-17(16)2)22(26)24-12-10-23(11-13-24)15-21(25)18-6-8-20(27-3)9-7-18/h4-9,14H,10-13,15H2,1-3H3. The SMILES string of the molecule is COc1ccc(C(=O)CN2CCN(C(=O)c3ccc(C)c(C)c3)CC2)cc1. The third-order valence-corrected chi connectivity index (χ3v) is 5.19. The molecule has 5 heteroatoms. The molecule has 0 unspecified atom stereocenters. The first kappa shape index (κ1) is 19.1. The smallest absolute Gasteiger partial charge is 0.253 e. The van der Waals surface area contributed by atoms with Crippen LogP contribution in [0.15, 0.2) is 42.5 Å². The van der Waals surface area contributed by atoms with Crippen molar-refractivity contribution in [3.63, 3.8) is 0 Å². The van der Waals surface area contributed by atoms with Crippen molar-refractivity contribution in [2.24, 2.45) is 0 Å². The Bertz CT molecular complexity index is 822. The molecule has 0 atom stereocenters. The largest absolute Gasteiger partial charge is 0.497 e. The number of methoxy groups -OCH3 is 1. The normalized spacial score (nSPS) is 14.9. The Kier molecular flexibility index (Phi) is 5.91. The third kappa shape index (κ3) is 4.55. The monoisotopic (exact) mass is 366 g/mol. The van der Waals surface area contributed by atoms with E-state index in [0.29, 0.717) is 38.3 Å². The van der Waals surface area contributed by atoms with Gasteiger partial charge in [-0.15, -0.1) is 0 Å². The van der Waals surface area contributed by atoms with Gasteiger partial charge in [0.1, 0.15) is 5.75 Å². The predicted octanol–water partition coefficient (Wildman–Crippen LogP) is 2.95. The first-order chi connectivity index (χ1) is 13.0. The van der Waals surface area contributed by atoms with E-state index in [1.165, 1.54) is 5.56 Å². The van der Waals surface area contributed by atoms with Crippen LogP contribution in [0.25, 0.3) is 0 Å². The molecule has 5 nitrogen and oxygen atoms in total. The maximum Gasteiger partial charge on any atom is 0.253 e. The average Bonchev–Trinajstić information content (AvgIpc) is 2.70. The van der Waals surface area contributed by atoms with E-state index in [1.54, 1.807) is 31.4 Å². The van der Waals surface area contributed by atoms with Gasteiger partial charge in [-0.05, 0) is 61.4 Å². The minimum Gasteiger partial charge on any atom is -0.497 e. The lowest BCUT2D eigenvalue weighted by molar-refractivity contribution is 0.0624. The van der Waals surface area contributed by atoms with Crippen molar-refractivity contribution in [3.8, 4) is 5.75 Å². The van der Waals surface area contributed by atoms with Gasteiger partial charge < -0.3 is 9.64 Å². The van der Waals surface area contributed by atoms with E-state index >= 15 is 0 Å². The molecule has 1 fully saturated rings. The highest BCUT2D eigenvalue weighted by atomic mass is 16.5. The van der Waals surface area contributed by atoms with Gasteiger partial charge in [0.15, 0.2) is 5.78 Å². The second kappa shape index (κ2) is 8.35. The van der Waals surface area contributed by atoms with Crippen LogP contribution in [-0.4, -0.2) is 61.3 Å². The molecule has 0 aromatic heterocycles. The molecule has 2 aromatic rings. The van der Waals surface area contributed by atoms with Gasteiger partial charge in [0.2, 0.25) is 0 Å². The zero-order chi connectivity index (χ0) is 19.4. The van der Waals surface area contributed by atoms with E-state index in [0.717, 1.165) is 16.9 Å². The molecule has 0 saturated carbocycles. The summed E-state index contributed by atoms with van der Waals surface area (Å²) in [6, 6.07) is 13.0. The quantitative estimate of drug-likeness (QED) is 0.764. The van der Waals surface area contributed by atoms with Crippen molar-refractivity contribution in [2.45, 2.75) is 13.8 Å². The molecule has 27 heavy (non-hydrogen) atoms. The Hall–Kier alpha value is -2.66. The Labute approximate surface area is 160 Å². The van der Waals surface area contributed by atoms with Gasteiger partial charge >= 0.3 is 0 Å². The molecule has 1 amide bonds. The fourth-order valence-corrected chi connectivity index (χ4v) is 3.24. The van der Waals surface area contributed by atoms with E-state index in [2.05, 4.69) is 4.90 Å². The molecule has 1 heterocycles. The number of aryl methyl sites for hydroxylation is 2. The number of hydrogen-bond donors (Lipinski definition) is 0. The second-order valence-electron chi connectivity index (χ2n) is 7.02. The topological polar surface area (TPSA) is 49.9 Å². The van der Waals surface area contributed by atoms with E-state index in [-0.39, 0.29) is 11.7 Å². The average molecular weight is 366 g/mol. The predicted molar refractivity (Wildman–Crippen MR) is 106 cm³/mol. The Morgan fingerprint density at radius 3 is 2.11 bits per heavy atom. The number of benzene rings is 2. The number of amides is 1. The Morgan fingerprint density at radius 1 is 0.889 bits per heavy atom. The van der Waals surface area contributed by atoms with Crippen LogP contribution in [0.2, 0.25) is 0 Å². The van der Waals surface area contributed by atoms with Crippen molar-refractivity contribution >= 4 is 11.7 Å².